The Morgan fingerprint density at radius 1 is 0.897 bits per heavy atom. The van der Waals surface area contributed by atoms with Crippen LogP contribution in [-0.2, 0) is 9.59 Å². The number of Topliss-reactive ketones (excluding diaryl/α,β-unsaturated/α-hetero) is 1. The van der Waals surface area contributed by atoms with Gasteiger partial charge in [0.25, 0.3) is 0 Å². The van der Waals surface area contributed by atoms with E-state index in [1.165, 1.54) is 0 Å². The van der Waals surface area contributed by atoms with Gasteiger partial charge in [-0.1, -0.05) is 50.2 Å². The van der Waals surface area contributed by atoms with Crippen molar-refractivity contribution in [2.24, 2.45) is 11.8 Å². The number of alkyl halides is 1. The number of hydrogen-bond acceptors (Lipinski definition) is 4. The maximum absolute atomic E-state index is 13.3. The lowest BCUT2D eigenvalue weighted by atomic mass is 9.74. The number of benzene rings is 2. The molecule has 1 aliphatic heterocycles. The molecule has 1 fully saturated rings. The Labute approximate surface area is 176 Å². The molecule has 0 aliphatic carbocycles. The number of ether oxygens (including phenoxy) is 2. The predicted octanol–water partition coefficient (Wildman–Crippen LogP) is 4.41. The average Bonchev–Trinajstić information content (AvgIpc) is 2.76. The number of hydrogen-bond donors (Lipinski definition) is 0. The summed E-state index contributed by atoms with van der Waals surface area (Å²) >= 11 is 6.03. The number of rotatable bonds is 5. The molecule has 1 saturated heterocycles. The highest BCUT2D eigenvalue weighted by Gasteiger charge is 2.49. The third-order valence-electron chi connectivity index (χ3n) is 5.76. The van der Waals surface area contributed by atoms with E-state index in [0.29, 0.717) is 11.5 Å². The van der Waals surface area contributed by atoms with Gasteiger partial charge in [-0.3, -0.25) is 9.59 Å². The fourth-order valence-corrected chi connectivity index (χ4v) is 4.56. The largest absolute Gasteiger partial charge is 0.496 e. The molecule has 1 amide bonds. The lowest BCUT2D eigenvalue weighted by Crippen LogP contribution is -2.52. The Morgan fingerprint density at radius 2 is 1.31 bits per heavy atom. The molecule has 154 valence electrons. The molecule has 4 unspecified atom stereocenters. The predicted molar refractivity (Wildman–Crippen MR) is 112 cm³/mol. The van der Waals surface area contributed by atoms with E-state index in [0.717, 1.165) is 11.1 Å². The summed E-state index contributed by atoms with van der Waals surface area (Å²) in [5, 5.41) is 0. The first kappa shape index (κ1) is 21.2. The van der Waals surface area contributed by atoms with Crippen LogP contribution >= 0.6 is 11.6 Å². The summed E-state index contributed by atoms with van der Waals surface area (Å²) < 4.78 is 11.1. The zero-order chi connectivity index (χ0) is 21.1. The van der Waals surface area contributed by atoms with E-state index in [9.17, 15) is 9.59 Å². The molecule has 1 heterocycles. The van der Waals surface area contributed by atoms with E-state index in [1.54, 1.807) is 19.1 Å². The number of para-hydroxylation sites is 2. The Morgan fingerprint density at radius 3 is 1.69 bits per heavy atom. The van der Waals surface area contributed by atoms with Crippen LogP contribution in [0, 0.1) is 11.8 Å². The first-order valence-corrected chi connectivity index (χ1v) is 10.2. The number of carbonyl (C=O) groups excluding carboxylic acids is 2. The maximum Gasteiger partial charge on any atom is 0.238 e. The molecule has 2 aromatic carbocycles. The molecule has 0 saturated carbocycles. The number of amides is 1. The molecule has 0 radical (unpaired) electrons. The smallest absolute Gasteiger partial charge is 0.238 e. The molecule has 0 N–H and O–H groups in total. The molecule has 4 atom stereocenters. The number of piperidine rings is 1. The van der Waals surface area contributed by atoms with Crippen molar-refractivity contribution in [2.45, 2.75) is 25.9 Å². The minimum absolute atomic E-state index is 0.0930. The van der Waals surface area contributed by atoms with Crippen LogP contribution in [0.3, 0.4) is 0 Å². The van der Waals surface area contributed by atoms with Crippen LogP contribution in [0.1, 0.15) is 37.1 Å². The number of carbonyl (C=O) groups is 2. The van der Waals surface area contributed by atoms with Crippen LogP contribution in [0.5, 0.6) is 11.5 Å². The van der Waals surface area contributed by atoms with Gasteiger partial charge in [0.05, 0.1) is 26.3 Å². The highest BCUT2D eigenvalue weighted by atomic mass is 35.5. The van der Waals surface area contributed by atoms with Crippen molar-refractivity contribution in [3.63, 3.8) is 0 Å². The van der Waals surface area contributed by atoms with Crippen molar-refractivity contribution in [1.29, 1.82) is 0 Å². The zero-order valence-electron chi connectivity index (χ0n) is 17.1. The lowest BCUT2D eigenvalue weighted by Gasteiger charge is -2.48. The van der Waals surface area contributed by atoms with E-state index >= 15 is 0 Å². The second-order valence-corrected chi connectivity index (χ2v) is 7.56. The van der Waals surface area contributed by atoms with E-state index in [1.807, 2.05) is 62.4 Å². The summed E-state index contributed by atoms with van der Waals surface area (Å²) in [6.45, 7) is 3.73. The molecule has 1 aliphatic rings. The summed E-state index contributed by atoms with van der Waals surface area (Å²) in [5.74, 6) is 0.153. The molecule has 0 bridgehead atoms. The quantitative estimate of drug-likeness (QED) is 0.679. The number of nitrogens with zero attached hydrogens (tertiary/aromatic N) is 1. The Bertz CT molecular complexity index is 836. The highest BCUT2D eigenvalue weighted by Crippen LogP contribution is 2.49. The summed E-state index contributed by atoms with van der Waals surface area (Å²) in [4.78, 5) is 28.2. The van der Waals surface area contributed by atoms with E-state index in [2.05, 4.69) is 0 Å². The number of likely N-dealkylation sites (tertiary alicyclic amines) is 1. The van der Waals surface area contributed by atoms with Crippen LogP contribution in [0.2, 0.25) is 0 Å². The Hall–Kier alpha value is -2.53. The van der Waals surface area contributed by atoms with Gasteiger partial charge in [-0.15, -0.1) is 11.6 Å². The molecule has 29 heavy (non-hydrogen) atoms. The van der Waals surface area contributed by atoms with Gasteiger partial charge < -0.3 is 14.4 Å². The van der Waals surface area contributed by atoms with Gasteiger partial charge in [0.15, 0.2) is 0 Å². The normalized spacial score (nSPS) is 24.3. The summed E-state index contributed by atoms with van der Waals surface area (Å²) in [7, 11) is 3.17. The van der Waals surface area contributed by atoms with Crippen molar-refractivity contribution in [3.05, 3.63) is 59.7 Å². The van der Waals surface area contributed by atoms with E-state index < -0.39 is 23.9 Å². The average molecular weight is 416 g/mol. The second kappa shape index (κ2) is 8.87. The fourth-order valence-electron chi connectivity index (χ4n) is 4.42. The summed E-state index contributed by atoms with van der Waals surface area (Å²) in [6.07, 6.45) is 0. The van der Waals surface area contributed by atoms with Crippen molar-refractivity contribution < 1.29 is 19.1 Å². The molecular weight excluding hydrogens is 390 g/mol. The minimum atomic E-state index is -0.490. The summed E-state index contributed by atoms with van der Waals surface area (Å²) in [6, 6.07) is 14.0. The number of ketones is 1. The Kier molecular flexibility index (Phi) is 6.48. The molecular formula is C23H26ClNO4. The third-order valence-corrected chi connectivity index (χ3v) is 5.99. The molecule has 6 heteroatoms. The molecule has 0 aromatic heterocycles. The first-order valence-electron chi connectivity index (χ1n) is 9.62. The highest BCUT2D eigenvalue weighted by molar-refractivity contribution is 6.27. The van der Waals surface area contributed by atoms with Gasteiger partial charge in [0, 0.05) is 23.0 Å². The van der Waals surface area contributed by atoms with Crippen LogP contribution in [-0.4, -0.2) is 36.7 Å². The van der Waals surface area contributed by atoms with Crippen molar-refractivity contribution in [1.82, 2.24) is 4.90 Å². The van der Waals surface area contributed by atoms with Crippen molar-refractivity contribution in [3.8, 4) is 11.5 Å². The number of methoxy groups -OCH3 is 2. The first-order chi connectivity index (χ1) is 14.0. The van der Waals surface area contributed by atoms with Crippen molar-refractivity contribution in [2.75, 3.05) is 20.1 Å². The second-order valence-electron chi connectivity index (χ2n) is 7.29. The third kappa shape index (κ3) is 3.71. The fraction of sp³-hybridized carbons (Fsp3) is 0.391. The monoisotopic (exact) mass is 415 g/mol. The van der Waals surface area contributed by atoms with Gasteiger partial charge >= 0.3 is 0 Å². The van der Waals surface area contributed by atoms with Crippen LogP contribution in [0.25, 0.3) is 0 Å². The van der Waals surface area contributed by atoms with E-state index in [4.69, 9.17) is 21.1 Å². The topological polar surface area (TPSA) is 55.8 Å². The molecule has 3 rings (SSSR count). The van der Waals surface area contributed by atoms with Crippen molar-refractivity contribution >= 4 is 23.3 Å². The Balaban J connectivity index is 2.24. The van der Waals surface area contributed by atoms with Gasteiger partial charge in [-0.05, 0) is 12.1 Å². The standard InChI is InChI=1S/C23H26ClNO4/c1-14-21(16-9-5-7-11-18(16)28-3)25(20(26)13-24)22(15(2)23(14)27)17-10-6-8-12-19(17)29-4/h5-12,14-15,21-22H,13H2,1-4H3. The van der Waals surface area contributed by atoms with Gasteiger partial charge in [0.2, 0.25) is 5.91 Å². The van der Waals surface area contributed by atoms with Crippen LogP contribution in [0.4, 0.5) is 0 Å². The van der Waals surface area contributed by atoms with Gasteiger partial charge in [0.1, 0.15) is 23.2 Å². The summed E-state index contributed by atoms with van der Waals surface area (Å²) in [5.41, 5.74) is 1.59. The lowest BCUT2D eigenvalue weighted by molar-refractivity contribution is -0.149. The van der Waals surface area contributed by atoms with Gasteiger partial charge in [-0.25, -0.2) is 0 Å². The molecule has 5 nitrogen and oxygen atoms in total. The van der Waals surface area contributed by atoms with E-state index in [-0.39, 0.29) is 17.6 Å². The number of halogens is 1. The maximum atomic E-state index is 13.3. The van der Waals surface area contributed by atoms with Crippen LogP contribution < -0.4 is 9.47 Å². The zero-order valence-corrected chi connectivity index (χ0v) is 17.8. The van der Waals surface area contributed by atoms with Crippen LogP contribution in [0.15, 0.2) is 48.5 Å². The molecule has 0 spiro atoms. The van der Waals surface area contributed by atoms with Gasteiger partial charge in [-0.2, -0.15) is 0 Å². The molecule has 2 aromatic rings. The minimum Gasteiger partial charge on any atom is -0.496 e. The SMILES string of the molecule is COc1ccccc1C1C(C)C(=O)C(C)C(c2ccccc2OC)N1C(=O)CCl.